The van der Waals surface area contributed by atoms with Gasteiger partial charge in [0, 0.05) is 51.7 Å². The number of hydrogen-bond acceptors (Lipinski definition) is 8. The molecule has 12 heteroatoms. The third-order valence-electron chi connectivity index (χ3n) is 7.00. The number of nitrogens with one attached hydrogen (secondary N) is 1. The molecule has 3 aliphatic rings. The Kier molecular flexibility index (Phi) is 6.65. The van der Waals surface area contributed by atoms with E-state index in [2.05, 4.69) is 20.2 Å². The molecule has 0 amide bonds. The van der Waals surface area contributed by atoms with E-state index in [0.717, 1.165) is 24.8 Å². The van der Waals surface area contributed by atoms with Crippen LogP contribution in [-0.4, -0.2) is 70.9 Å². The molecule has 0 bridgehead atoms. The Morgan fingerprint density at radius 3 is 2.59 bits per heavy atom. The van der Waals surface area contributed by atoms with Gasteiger partial charge in [0.15, 0.2) is 0 Å². The molecule has 1 aromatic heterocycles. The lowest BCUT2D eigenvalue weighted by molar-refractivity contribution is -0.119. The first-order valence-corrected chi connectivity index (χ1v) is 13.9. The van der Waals surface area contributed by atoms with Gasteiger partial charge in [0.2, 0.25) is 10.0 Å². The van der Waals surface area contributed by atoms with Crippen molar-refractivity contribution < 1.29 is 26.7 Å². The Bertz CT molecular complexity index is 1370. The van der Waals surface area contributed by atoms with Crippen LogP contribution in [-0.2, 0) is 32.4 Å². The number of aromatic nitrogens is 1. The van der Waals surface area contributed by atoms with Crippen molar-refractivity contribution in [2.75, 3.05) is 48.0 Å². The Balaban J connectivity index is 1.53. The van der Waals surface area contributed by atoms with E-state index in [4.69, 9.17) is 4.74 Å². The van der Waals surface area contributed by atoms with Gasteiger partial charge in [-0.05, 0) is 37.1 Å². The highest BCUT2D eigenvalue weighted by Crippen LogP contribution is 2.41. The maximum absolute atomic E-state index is 13.5. The van der Waals surface area contributed by atoms with Gasteiger partial charge in [-0.3, -0.25) is 14.1 Å². The molecule has 2 aliphatic heterocycles. The summed E-state index contributed by atoms with van der Waals surface area (Å²) in [7, 11) is -0.501. The van der Waals surface area contributed by atoms with Gasteiger partial charge in [0.1, 0.15) is 11.5 Å². The predicted molar refractivity (Wildman–Crippen MR) is 138 cm³/mol. The van der Waals surface area contributed by atoms with Crippen LogP contribution in [0.2, 0.25) is 0 Å². The van der Waals surface area contributed by atoms with Crippen LogP contribution in [0, 0.1) is 5.92 Å². The van der Waals surface area contributed by atoms with Crippen molar-refractivity contribution in [2.24, 2.45) is 10.9 Å². The minimum Gasteiger partial charge on any atom is -0.378 e. The Morgan fingerprint density at radius 2 is 1.97 bits per heavy atom. The fourth-order valence-corrected chi connectivity index (χ4v) is 5.00. The molecule has 0 spiro atoms. The number of ether oxygens (including phenoxy) is 1. The highest BCUT2D eigenvalue weighted by Gasteiger charge is 2.32. The smallest absolute Gasteiger partial charge is 0.277 e. The van der Waals surface area contributed by atoms with Crippen LogP contribution < -0.4 is 14.5 Å². The number of alkyl halides is 2. The Labute approximate surface area is 214 Å². The number of ketones is 1. The molecule has 1 N–H and O–H groups in total. The first-order valence-electron chi connectivity index (χ1n) is 12.1. The largest absolute Gasteiger partial charge is 0.378 e. The highest BCUT2D eigenvalue weighted by molar-refractivity contribution is 7.92. The fourth-order valence-electron chi connectivity index (χ4n) is 4.50. The molecule has 1 saturated heterocycles. The second-order valence-corrected chi connectivity index (χ2v) is 11.8. The number of benzene rings is 1. The minimum atomic E-state index is -3.61. The van der Waals surface area contributed by atoms with Crippen LogP contribution in [0.3, 0.4) is 0 Å². The zero-order chi connectivity index (χ0) is 26.5. The maximum Gasteiger partial charge on any atom is 0.277 e. The number of halogens is 2. The number of anilines is 4. The van der Waals surface area contributed by atoms with E-state index in [-0.39, 0.29) is 42.0 Å². The summed E-state index contributed by atoms with van der Waals surface area (Å²) in [6.07, 6.45) is 0.244. The number of rotatable bonds is 10. The van der Waals surface area contributed by atoms with Gasteiger partial charge >= 0.3 is 0 Å². The van der Waals surface area contributed by atoms with E-state index in [1.165, 1.54) is 11.4 Å². The van der Waals surface area contributed by atoms with Gasteiger partial charge in [-0.15, -0.1) is 0 Å². The quantitative estimate of drug-likeness (QED) is 0.499. The zero-order valence-electron chi connectivity index (χ0n) is 20.9. The van der Waals surface area contributed by atoms with E-state index in [1.807, 2.05) is 6.07 Å². The Hall–Kier alpha value is -3.12. The summed E-state index contributed by atoms with van der Waals surface area (Å²) in [6, 6.07) is 7.03. The third-order valence-corrected chi connectivity index (χ3v) is 8.19. The normalized spacial score (nSPS) is 17.5. The number of carbonyl (C=O) groups is 1. The number of hydrogen-bond donors (Lipinski definition) is 1. The van der Waals surface area contributed by atoms with Gasteiger partial charge in [-0.2, -0.15) is 0 Å². The van der Waals surface area contributed by atoms with E-state index >= 15 is 0 Å². The SMILES string of the molecule is COC1CN(c2ccc(Nc3cc(CC(=O)C4CC4)nc4c3N=C(C(F)F)C4)c(N(C)S(C)(=O)=O)c2)C1. The third kappa shape index (κ3) is 5.30. The van der Waals surface area contributed by atoms with Crippen molar-refractivity contribution in [3.63, 3.8) is 0 Å². The lowest BCUT2D eigenvalue weighted by atomic mass is 10.1. The van der Waals surface area contributed by atoms with Crippen LogP contribution >= 0.6 is 0 Å². The van der Waals surface area contributed by atoms with Crippen LogP contribution in [0.25, 0.3) is 0 Å². The van der Waals surface area contributed by atoms with Gasteiger partial charge in [0.05, 0.1) is 46.5 Å². The number of aliphatic imine (C=N–C) groups is 1. The van der Waals surface area contributed by atoms with E-state index < -0.39 is 16.4 Å². The predicted octanol–water partition coefficient (Wildman–Crippen LogP) is 3.47. The average Bonchev–Trinajstić information content (AvgIpc) is 3.57. The van der Waals surface area contributed by atoms with Crippen molar-refractivity contribution in [3.05, 3.63) is 35.7 Å². The summed E-state index contributed by atoms with van der Waals surface area (Å²) in [5.74, 6) is 0.123. The van der Waals surface area contributed by atoms with Crippen molar-refractivity contribution in [1.29, 1.82) is 0 Å². The standard InChI is InChI=1S/C25H29F2N5O4S/c1-31(37(3,34)35)22-10-16(32-12-17(13-32)36-2)6-7-18(22)29-19-8-15(9-23(33)14-4-5-14)28-20-11-21(25(26)27)30-24(19)20/h6-8,10,14,17,25H,4-5,9,11-13H2,1-3H3,(H,28,29). The number of carbonyl (C=O) groups excluding carboxylic acids is 1. The lowest BCUT2D eigenvalue weighted by Crippen LogP contribution is -2.51. The fraction of sp³-hybridized carbons (Fsp3) is 0.480. The van der Waals surface area contributed by atoms with Crippen molar-refractivity contribution in [1.82, 2.24) is 4.98 Å². The minimum absolute atomic E-state index is 0.0427. The monoisotopic (exact) mass is 533 g/mol. The summed E-state index contributed by atoms with van der Waals surface area (Å²) in [4.78, 5) is 23.1. The van der Waals surface area contributed by atoms with E-state index in [0.29, 0.717) is 41.5 Å². The van der Waals surface area contributed by atoms with Gasteiger partial charge < -0.3 is 15.0 Å². The number of methoxy groups -OCH3 is 1. The molecule has 3 heterocycles. The van der Waals surface area contributed by atoms with Crippen molar-refractivity contribution in [2.45, 2.75) is 38.2 Å². The molecule has 2 fully saturated rings. The summed E-state index contributed by atoms with van der Waals surface area (Å²) < 4.78 is 58.4. The molecule has 0 atom stereocenters. The molecule has 1 aliphatic carbocycles. The molecule has 1 aromatic carbocycles. The lowest BCUT2D eigenvalue weighted by Gasteiger charge is -2.40. The number of fused-ring (bicyclic) bond motifs is 1. The van der Waals surface area contributed by atoms with Gasteiger partial charge in [0.25, 0.3) is 6.43 Å². The molecule has 37 heavy (non-hydrogen) atoms. The van der Waals surface area contributed by atoms with E-state index in [9.17, 15) is 22.0 Å². The highest BCUT2D eigenvalue weighted by atomic mass is 32.2. The molecule has 9 nitrogen and oxygen atoms in total. The molecule has 1 saturated carbocycles. The molecular weight excluding hydrogens is 504 g/mol. The first-order chi connectivity index (χ1) is 17.5. The summed E-state index contributed by atoms with van der Waals surface area (Å²) in [5.41, 5.74) is 2.92. The summed E-state index contributed by atoms with van der Waals surface area (Å²) >= 11 is 0. The first kappa shape index (κ1) is 25.5. The summed E-state index contributed by atoms with van der Waals surface area (Å²) in [5, 5.41) is 3.21. The topological polar surface area (TPSA) is 104 Å². The van der Waals surface area contributed by atoms with Gasteiger partial charge in [-0.25, -0.2) is 22.2 Å². The molecular formula is C25H29F2N5O4S. The zero-order valence-corrected chi connectivity index (χ0v) is 21.7. The van der Waals surface area contributed by atoms with Crippen LogP contribution in [0.4, 0.5) is 37.2 Å². The molecule has 198 valence electrons. The van der Waals surface area contributed by atoms with Crippen LogP contribution in [0.5, 0.6) is 0 Å². The second kappa shape index (κ2) is 9.64. The van der Waals surface area contributed by atoms with Crippen molar-refractivity contribution >= 4 is 50.0 Å². The Morgan fingerprint density at radius 1 is 1.24 bits per heavy atom. The number of sulfonamides is 1. The summed E-state index contributed by atoms with van der Waals surface area (Å²) in [6.45, 7) is 1.37. The molecule has 2 aromatic rings. The molecule has 5 rings (SSSR count). The molecule has 0 radical (unpaired) electrons. The van der Waals surface area contributed by atoms with Crippen LogP contribution in [0.15, 0.2) is 29.3 Å². The number of Topliss-reactive ketones (excluding diaryl/α,β-unsaturated/α-hetero) is 1. The maximum atomic E-state index is 13.5. The van der Waals surface area contributed by atoms with Crippen LogP contribution in [0.1, 0.15) is 24.2 Å². The van der Waals surface area contributed by atoms with E-state index in [1.54, 1.807) is 25.3 Å². The number of nitrogens with zero attached hydrogens (tertiary/aromatic N) is 4. The molecule has 0 unspecified atom stereocenters. The average molecular weight is 534 g/mol. The van der Waals surface area contributed by atoms with Crippen molar-refractivity contribution in [3.8, 4) is 0 Å². The number of pyridine rings is 1. The van der Waals surface area contributed by atoms with Gasteiger partial charge in [-0.1, -0.05) is 0 Å². The second-order valence-electron chi connectivity index (χ2n) is 9.77.